The van der Waals surface area contributed by atoms with E-state index in [1.807, 2.05) is 4.72 Å². The number of alkyl halides is 3. The van der Waals surface area contributed by atoms with E-state index in [0.29, 0.717) is 11.3 Å². The molecule has 0 atom stereocenters. The van der Waals surface area contributed by atoms with Gasteiger partial charge >= 0.3 is 6.18 Å². The van der Waals surface area contributed by atoms with Crippen LogP contribution in [0.1, 0.15) is 26.6 Å². The average Bonchev–Trinajstić information content (AvgIpc) is 3.31. The molecule has 2 aromatic heterocycles. The Morgan fingerprint density at radius 2 is 1.71 bits per heavy atom. The van der Waals surface area contributed by atoms with Gasteiger partial charge in [-0.3, -0.25) is 14.6 Å². The summed E-state index contributed by atoms with van der Waals surface area (Å²) >= 11 is 6.23. The first-order valence-corrected chi connectivity index (χ1v) is 12.8. The molecule has 0 spiro atoms. The lowest BCUT2D eigenvalue weighted by Crippen LogP contribution is -2.29. The van der Waals surface area contributed by atoms with Crippen molar-refractivity contribution in [2.24, 2.45) is 0 Å². The van der Waals surface area contributed by atoms with E-state index in [1.165, 1.54) is 48.7 Å². The van der Waals surface area contributed by atoms with Crippen LogP contribution in [0.25, 0.3) is 22.7 Å². The van der Waals surface area contributed by atoms with Gasteiger partial charge < -0.3 is 9.73 Å². The number of hydrogen-bond donors (Lipinski definition) is 2. The summed E-state index contributed by atoms with van der Waals surface area (Å²) in [4.78, 5) is 32.6. The van der Waals surface area contributed by atoms with Gasteiger partial charge in [-0.25, -0.2) is 18.1 Å². The summed E-state index contributed by atoms with van der Waals surface area (Å²) in [5, 5.41) is 2.39. The number of carbonyl (C=O) groups excluding carboxylic acids is 2. The number of amides is 2. The summed E-state index contributed by atoms with van der Waals surface area (Å²) < 4.78 is 69.8. The summed E-state index contributed by atoms with van der Waals surface area (Å²) in [6.45, 7) is 0. The van der Waals surface area contributed by atoms with Gasteiger partial charge in [0, 0.05) is 16.7 Å². The molecule has 0 radical (unpaired) electrons. The van der Waals surface area contributed by atoms with Crippen LogP contribution in [0.4, 0.5) is 18.9 Å². The molecule has 4 aromatic rings. The Balaban J connectivity index is 1.55. The first kappa shape index (κ1) is 26.8. The van der Waals surface area contributed by atoms with Gasteiger partial charge in [-0.2, -0.15) is 13.2 Å². The van der Waals surface area contributed by atoms with Crippen LogP contribution in [0.3, 0.4) is 0 Å². The van der Waals surface area contributed by atoms with Crippen LogP contribution in [0.15, 0.2) is 71.3 Å². The van der Waals surface area contributed by atoms with E-state index in [9.17, 15) is 31.2 Å². The standard InChI is InChI=1S/C24H16ClF3N4O5S/c1-38(35,36)32-21(33)14-7-9-16(17(25)11-14)18-10-8-15(12-29-18)30-22(34)19-20(24(26,27)28)37-23(31-19)13-5-3-2-4-6-13/h2-12H,1H3,(H,30,34)(H,32,33). The summed E-state index contributed by atoms with van der Waals surface area (Å²) in [5.41, 5.74) is 0.0780. The van der Waals surface area contributed by atoms with Crippen LogP contribution in [-0.4, -0.2) is 36.5 Å². The highest BCUT2D eigenvalue weighted by molar-refractivity contribution is 7.89. The van der Waals surface area contributed by atoms with Crippen molar-refractivity contribution in [2.45, 2.75) is 6.18 Å². The zero-order valence-electron chi connectivity index (χ0n) is 19.2. The third-order valence-electron chi connectivity index (χ3n) is 4.93. The maximum absolute atomic E-state index is 13.5. The van der Waals surface area contributed by atoms with Crippen molar-refractivity contribution >= 4 is 39.1 Å². The molecule has 0 aliphatic carbocycles. The van der Waals surface area contributed by atoms with Crippen LogP contribution in [0, 0.1) is 0 Å². The minimum absolute atomic E-state index is 0.00369. The molecule has 196 valence electrons. The minimum Gasteiger partial charge on any atom is -0.431 e. The normalized spacial score (nSPS) is 11.7. The van der Waals surface area contributed by atoms with E-state index in [-0.39, 0.29) is 27.7 Å². The Bertz CT molecular complexity index is 1620. The Labute approximate surface area is 218 Å². The minimum atomic E-state index is -4.96. The number of hydrogen-bond acceptors (Lipinski definition) is 7. The summed E-state index contributed by atoms with van der Waals surface area (Å²) in [6, 6.07) is 14.7. The molecule has 0 aliphatic rings. The molecule has 0 aliphatic heterocycles. The Hall–Kier alpha value is -4.23. The van der Waals surface area contributed by atoms with Crippen molar-refractivity contribution in [3.63, 3.8) is 0 Å². The Kier molecular flexibility index (Phi) is 7.24. The number of sulfonamides is 1. The molecule has 38 heavy (non-hydrogen) atoms. The van der Waals surface area contributed by atoms with E-state index < -0.39 is 39.5 Å². The number of nitrogens with zero attached hydrogens (tertiary/aromatic N) is 2. The maximum atomic E-state index is 13.5. The van der Waals surface area contributed by atoms with Crippen molar-refractivity contribution in [2.75, 3.05) is 11.6 Å². The third kappa shape index (κ3) is 6.18. The lowest BCUT2D eigenvalue weighted by atomic mass is 10.1. The molecule has 14 heteroatoms. The van der Waals surface area contributed by atoms with Crippen molar-refractivity contribution in [1.82, 2.24) is 14.7 Å². The van der Waals surface area contributed by atoms with Crippen LogP contribution >= 0.6 is 11.6 Å². The number of oxazole rings is 1. The van der Waals surface area contributed by atoms with Crippen LogP contribution in [0.2, 0.25) is 5.02 Å². The maximum Gasteiger partial charge on any atom is 0.452 e. The van der Waals surface area contributed by atoms with Crippen LogP contribution in [0.5, 0.6) is 0 Å². The number of aromatic nitrogens is 2. The Morgan fingerprint density at radius 1 is 1.00 bits per heavy atom. The van der Waals surface area contributed by atoms with E-state index in [4.69, 9.17) is 16.0 Å². The molecular formula is C24H16ClF3N4O5S. The topological polar surface area (TPSA) is 131 Å². The molecular weight excluding hydrogens is 549 g/mol. The summed E-state index contributed by atoms with van der Waals surface area (Å²) in [7, 11) is -3.77. The van der Waals surface area contributed by atoms with Gasteiger partial charge in [0.25, 0.3) is 11.8 Å². The predicted molar refractivity (Wildman–Crippen MR) is 132 cm³/mol. The number of anilines is 1. The van der Waals surface area contributed by atoms with Crippen molar-refractivity contribution in [1.29, 1.82) is 0 Å². The SMILES string of the molecule is CS(=O)(=O)NC(=O)c1ccc(-c2ccc(NC(=O)c3nc(-c4ccccc4)oc3C(F)(F)F)cn2)c(Cl)c1. The second kappa shape index (κ2) is 10.3. The summed E-state index contributed by atoms with van der Waals surface area (Å²) in [6.07, 6.45) is -2.94. The van der Waals surface area contributed by atoms with E-state index in [2.05, 4.69) is 15.3 Å². The molecule has 4 rings (SSSR count). The molecule has 2 N–H and O–H groups in total. The lowest BCUT2D eigenvalue weighted by molar-refractivity contribution is -0.153. The van der Waals surface area contributed by atoms with Crippen LogP contribution in [-0.2, 0) is 16.2 Å². The van der Waals surface area contributed by atoms with E-state index in [0.717, 1.165) is 6.26 Å². The zero-order valence-corrected chi connectivity index (χ0v) is 20.8. The smallest absolute Gasteiger partial charge is 0.431 e. The quantitative estimate of drug-likeness (QED) is 0.336. The molecule has 0 bridgehead atoms. The summed E-state index contributed by atoms with van der Waals surface area (Å²) in [5.74, 6) is -3.92. The molecule has 0 fully saturated rings. The van der Waals surface area contributed by atoms with Gasteiger partial charge in [-0.15, -0.1) is 0 Å². The highest BCUT2D eigenvalue weighted by Gasteiger charge is 2.42. The predicted octanol–water partition coefficient (Wildman–Crippen LogP) is 5.02. The number of benzene rings is 2. The van der Waals surface area contributed by atoms with Gasteiger partial charge in [-0.05, 0) is 36.4 Å². The molecule has 9 nitrogen and oxygen atoms in total. The fourth-order valence-electron chi connectivity index (χ4n) is 3.28. The van der Waals surface area contributed by atoms with Gasteiger partial charge in [0.1, 0.15) is 0 Å². The molecule has 2 heterocycles. The Morgan fingerprint density at radius 3 is 2.29 bits per heavy atom. The second-order valence-corrected chi connectivity index (χ2v) is 10.0. The highest BCUT2D eigenvalue weighted by Crippen LogP contribution is 2.35. The van der Waals surface area contributed by atoms with E-state index in [1.54, 1.807) is 18.2 Å². The van der Waals surface area contributed by atoms with Crippen molar-refractivity contribution < 1.29 is 35.6 Å². The molecule has 2 amide bonds. The van der Waals surface area contributed by atoms with E-state index >= 15 is 0 Å². The fourth-order valence-corrected chi connectivity index (χ4v) is 4.01. The number of pyridine rings is 1. The molecule has 0 unspecified atom stereocenters. The third-order valence-corrected chi connectivity index (χ3v) is 5.80. The van der Waals surface area contributed by atoms with Gasteiger partial charge in [0.15, 0.2) is 5.69 Å². The average molecular weight is 565 g/mol. The van der Waals surface area contributed by atoms with Crippen molar-refractivity contribution in [3.05, 3.63) is 88.9 Å². The lowest BCUT2D eigenvalue weighted by Gasteiger charge is -2.09. The number of nitrogens with one attached hydrogen (secondary N) is 2. The number of carbonyl (C=O) groups is 2. The van der Waals surface area contributed by atoms with Gasteiger partial charge in [-0.1, -0.05) is 35.9 Å². The zero-order chi connectivity index (χ0) is 27.7. The highest BCUT2D eigenvalue weighted by atomic mass is 35.5. The van der Waals surface area contributed by atoms with Crippen LogP contribution < -0.4 is 10.0 Å². The number of halogens is 4. The second-order valence-electron chi connectivity index (χ2n) is 7.84. The molecule has 0 saturated heterocycles. The largest absolute Gasteiger partial charge is 0.452 e. The van der Waals surface area contributed by atoms with Gasteiger partial charge in [0.2, 0.25) is 21.7 Å². The van der Waals surface area contributed by atoms with Crippen molar-refractivity contribution in [3.8, 4) is 22.7 Å². The molecule has 0 saturated carbocycles. The first-order valence-electron chi connectivity index (χ1n) is 10.5. The molecule has 2 aromatic carbocycles. The fraction of sp³-hybridized carbons (Fsp3) is 0.0833. The monoisotopic (exact) mass is 564 g/mol. The number of rotatable bonds is 6. The first-order chi connectivity index (χ1) is 17.8. The van der Waals surface area contributed by atoms with Gasteiger partial charge in [0.05, 0.1) is 28.9 Å².